The van der Waals surface area contributed by atoms with Gasteiger partial charge in [-0.15, -0.1) is 0 Å². The van der Waals surface area contributed by atoms with Crippen molar-refractivity contribution >= 4 is 17.3 Å². The summed E-state index contributed by atoms with van der Waals surface area (Å²) in [6.07, 6.45) is 2.96. The first kappa shape index (κ1) is 20.6. The molecule has 3 heterocycles. The van der Waals surface area contributed by atoms with Crippen molar-refractivity contribution in [3.05, 3.63) is 63.8 Å². The normalized spacial score (nSPS) is 14.6. The Morgan fingerprint density at radius 3 is 2.74 bits per heavy atom. The van der Waals surface area contributed by atoms with Crippen molar-refractivity contribution in [2.75, 3.05) is 19.7 Å². The maximum absolute atomic E-state index is 12.9. The Labute approximate surface area is 179 Å². The van der Waals surface area contributed by atoms with Gasteiger partial charge in [-0.2, -0.15) is 5.10 Å². The van der Waals surface area contributed by atoms with E-state index in [9.17, 15) is 14.4 Å². The minimum atomic E-state index is -0.277. The highest BCUT2D eigenvalue weighted by molar-refractivity contribution is 5.97. The number of hydrogen-bond donors (Lipinski definition) is 2. The molecule has 0 unspecified atom stereocenters. The molecule has 4 rings (SSSR count). The van der Waals surface area contributed by atoms with Crippen LogP contribution in [0.3, 0.4) is 0 Å². The van der Waals surface area contributed by atoms with E-state index in [0.717, 1.165) is 0 Å². The molecule has 9 nitrogen and oxygen atoms in total. The van der Waals surface area contributed by atoms with Gasteiger partial charge in [-0.1, -0.05) is 12.1 Å². The van der Waals surface area contributed by atoms with Crippen LogP contribution in [0.2, 0.25) is 0 Å². The molecule has 1 aliphatic heterocycles. The molecule has 1 saturated heterocycles. The molecule has 31 heavy (non-hydrogen) atoms. The molecule has 0 spiro atoms. The van der Waals surface area contributed by atoms with Gasteiger partial charge >= 0.3 is 0 Å². The highest BCUT2D eigenvalue weighted by Crippen LogP contribution is 2.19. The third-order valence-electron chi connectivity index (χ3n) is 5.36. The van der Waals surface area contributed by atoms with Gasteiger partial charge in [-0.05, 0) is 38.8 Å². The van der Waals surface area contributed by atoms with Crippen molar-refractivity contribution in [2.45, 2.75) is 32.7 Å². The molecule has 1 aliphatic rings. The quantitative estimate of drug-likeness (QED) is 0.650. The average Bonchev–Trinajstić information content (AvgIpc) is 3.19. The standard InChI is InChI=1S/C22H25N5O4/c1-3-31-19-7-5-4-6-16(19)20(28)24-15-8-10-26(11-9-15)22(30)17-12-18-21(29)23-14(2)13-27(18)25-17/h4-7,12-13,15H,3,8-11H2,1-2H3,(H,23,29)(H,24,28). The van der Waals surface area contributed by atoms with Crippen molar-refractivity contribution in [2.24, 2.45) is 0 Å². The zero-order valence-corrected chi connectivity index (χ0v) is 17.6. The molecule has 0 bridgehead atoms. The summed E-state index contributed by atoms with van der Waals surface area (Å²) in [5.74, 6) is 0.170. The number of aromatic nitrogens is 3. The first-order valence-electron chi connectivity index (χ1n) is 10.4. The summed E-state index contributed by atoms with van der Waals surface area (Å²) in [5.41, 5.74) is 1.48. The molecular weight excluding hydrogens is 398 g/mol. The van der Waals surface area contributed by atoms with E-state index >= 15 is 0 Å². The van der Waals surface area contributed by atoms with Crippen LogP contribution < -0.4 is 15.6 Å². The summed E-state index contributed by atoms with van der Waals surface area (Å²) >= 11 is 0. The average molecular weight is 423 g/mol. The maximum atomic E-state index is 12.9. The van der Waals surface area contributed by atoms with Crippen LogP contribution in [0.1, 0.15) is 46.3 Å². The fraction of sp³-hybridized carbons (Fsp3) is 0.364. The number of benzene rings is 1. The second-order valence-electron chi connectivity index (χ2n) is 7.59. The molecule has 3 aromatic rings. The number of carbonyl (C=O) groups is 2. The summed E-state index contributed by atoms with van der Waals surface area (Å²) in [6.45, 7) is 5.12. The SMILES string of the molecule is CCOc1ccccc1C(=O)NC1CCN(C(=O)c2cc3c(=O)[nH]c(C)cn3n2)CC1. The molecule has 162 valence electrons. The topological polar surface area (TPSA) is 109 Å². The van der Waals surface area contributed by atoms with Gasteiger partial charge in [0.2, 0.25) is 0 Å². The Morgan fingerprint density at radius 2 is 2.00 bits per heavy atom. The lowest BCUT2D eigenvalue weighted by Crippen LogP contribution is -2.46. The molecule has 1 aromatic carbocycles. The Bertz CT molecular complexity index is 1170. The van der Waals surface area contributed by atoms with Crippen LogP contribution in [0, 0.1) is 6.92 Å². The molecule has 0 aliphatic carbocycles. The fourth-order valence-electron chi connectivity index (χ4n) is 3.81. The summed E-state index contributed by atoms with van der Waals surface area (Å²) in [4.78, 5) is 42.0. The smallest absolute Gasteiger partial charge is 0.274 e. The van der Waals surface area contributed by atoms with Gasteiger partial charge in [0.25, 0.3) is 17.4 Å². The second kappa shape index (κ2) is 8.63. The van der Waals surface area contributed by atoms with E-state index in [0.29, 0.717) is 55.1 Å². The predicted octanol–water partition coefficient (Wildman–Crippen LogP) is 1.76. The lowest BCUT2D eigenvalue weighted by molar-refractivity contribution is 0.0692. The van der Waals surface area contributed by atoms with Crippen LogP contribution in [0.5, 0.6) is 5.75 Å². The molecule has 9 heteroatoms. The van der Waals surface area contributed by atoms with E-state index in [1.54, 1.807) is 36.2 Å². The summed E-state index contributed by atoms with van der Waals surface area (Å²) in [6, 6.07) is 8.64. The second-order valence-corrected chi connectivity index (χ2v) is 7.59. The van der Waals surface area contributed by atoms with E-state index < -0.39 is 0 Å². The third kappa shape index (κ3) is 4.30. The predicted molar refractivity (Wildman–Crippen MR) is 115 cm³/mol. The minimum Gasteiger partial charge on any atom is -0.493 e. The van der Waals surface area contributed by atoms with Crippen molar-refractivity contribution in [3.63, 3.8) is 0 Å². The van der Waals surface area contributed by atoms with Crippen LogP contribution in [0.4, 0.5) is 0 Å². The van der Waals surface area contributed by atoms with Crippen LogP contribution >= 0.6 is 0 Å². The number of nitrogens with one attached hydrogen (secondary N) is 2. The minimum absolute atomic E-state index is 0.0298. The van der Waals surface area contributed by atoms with Gasteiger partial charge in [-0.3, -0.25) is 14.4 Å². The van der Waals surface area contributed by atoms with Gasteiger partial charge in [0.1, 0.15) is 11.3 Å². The molecule has 0 radical (unpaired) electrons. The number of aryl methyl sites for hydroxylation is 1. The number of para-hydroxylation sites is 1. The Balaban J connectivity index is 1.39. The zero-order chi connectivity index (χ0) is 22.0. The highest BCUT2D eigenvalue weighted by atomic mass is 16.5. The summed E-state index contributed by atoms with van der Waals surface area (Å²) < 4.78 is 6.97. The van der Waals surface area contributed by atoms with Crippen molar-refractivity contribution in [1.29, 1.82) is 0 Å². The molecule has 0 saturated carbocycles. The summed E-state index contributed by atoms with van der Waals surface area (Å²) in [7, 11) is 0. The molecule has 2 aromatic heterocycles. The Morgan fingerprint density at radius 1 is 1.26 bits per heavy atom. The number of nitrogens with zero attached hydrogens (tertiary/aromatic N) is 3. The van der Waals surface area contributed by atoms with Gasteiger partial charge in [0.05, 0.1) is 12.2 Å². The molecule has 1 fully saturated rings. The number of aromatic amines is 1. The number of likely N-dealkylation sites (tertiary alicyclic amines) is 1. The van der Waals surface area contributed by atoms with E-state index in [1.165, 1.54) is 10.6 Å². The number of hydrogen-bond acceptors (Lipinski definition) is 5. The van der Waals surface area contributed by atoms with Crippen molar-refractivity contribution in [3.8, 4) is 5.75 Å². The van der Waals surface area contributed by atoms with Gasteiger partial charge < -0.3 is 19.9 Å². The van der Waals surface area contributed by atoms with Gasteiger partial charge in [0.15, 0.2) is 5.69 Å². The number of rotatable bonds is 5. The number of fused-ring (bicyclic) bond motifs is 1. The molecule has 2 N–H and O–H groups in total. The monoisotopic (exact) mass is 423 g/mol. The highest BCUT2D eigenvalue weighted by Gasteiger charge is 2.27. The van der Waals surface area contributed by atoms with Gasteiger partial charge in [-0.25, -0.2) is 4.52 Å². The van der Waals surface area contributed by atoms with E-state index in [1.807, 2.05) is 13.0 Å². The number of H-pyrrole nitrogens is 1. The first-order valence-corrected chi connectivity index (χ1v) is 10.4. The number of amides is 2. The lowest BCUT2D eigenvalue weighted by atomic mass is 10.0. The molecule has 0 atom stereocenters. The number of carbonyl (C=O) groups excluding carboxylic acids is 2. The largest absolute Gasteiger partial charge is 0.493 e. The fourth-order valence-corrected chi connectivity index (χ4v) is 3.81. The van der Waals surface area contributed by atoms with E-state index in [2.05, 4.69) is 15.4 Å². The lowest BCUT2D eigenvalue weighted by Gasteiger charge is -2.32. The Kier molecular flexibility index (Phi) is 5.75. The van der Waals surface area contributed by atoms with Crippen LogP contribution in [-0.4, -0.2) is 57.1 Å². The van der Waals surface area contributed by atoms with Crippen molar-refractivity contribution < 1.29 is 14.3 Å². The van der Waals surface area contributed by atoms with Crippen molar-refractivity contribution in [1.82, 2.24) is 24.8 Å². The van der Waals surface area contributed by atoms with Crippen LogP contribution in [-0.2, 0) is 0 Å². The van der Waals surface area contributed by atoms with Crippen LogP contribution in [0.15, 0.2) is 41.3 Å². The molecular formula is C22H25N5O4. The number of piperidine rings is 1. The van der Waals surface area contributed by atoms with E-state index in [-0.39, 0.29) is 29.1 Å². The maximum Gasteiger partial charge on any atom is 0.274 e. The van der Waals surface area contributed by atoms with Crippen LogP contribution in [0.25, 0.3) is 5.52 Å². The third-order valence-corrected chi connectivity index (χ3v) is 5.36. The van der Waals surface area contributed by atoms with Gasteiger partial charge in [0, 0.05) is 37.1 Å². The summed E-state index contributed by atoms with van der Waals surface area (Å²) in [5, 5.41) is 7.31. The molecule has 2 amide bonds. The van der Waals surface area contributed by atoms with E-state index in [4.69, 9.17) is 4.74 Å². The first-order chi connectivity index (χ1) is 15.0. The Hall–Kier alpha value is -3.62. The zero-order valence-electron chi connectivity index (χ0n) is 17.6. The number of ether oxygens (including phenoxy) is 1.